The zero-order valence-corrected chi connectivity index (χ0v) is 12.6. The average Bonchev–Trinajstić information content (AvgIpc) is 2.98. The Bertz CT molecular complexity index is 438. The Balaban J connectivity index is 1.87. The van der Waals surface area contributed by atoms with Crippen molar-refractivity contribution in [1.82, 2.24) is 4.90 Å². The second-order valence-corrected chi connectivity index (χ2v) is 5.47. The maximum Gasteiger partial charge on any atom is 0.163 e. The van der Waals surface area contributed by atoms with Gasteiger partial charge in [-0.1, -0.05) is 31.9 Å². The minimum Gasteiger partial charge on any atom is -0.491 e. The van der Waals surface area contributed by atoms with Gasteiger partial charge in [-0.05, 0) is 38.4 Å². The topological polar surface area (TPSA) is 29.5 Å². The molecule has 1 aliphatic rings. The minimum absolute atomic E-state index is 0.0590. The summed E-state index contributed by atoms with van der Waals surface area (Å²) in [6.07, 6.45) is 5.35. The first kappa shape index (κ1) is 15.0. The van der Waals surface area contributed by atoms with Gasteiger partial charge < -0.3 is 4.74 Å². The highest BCUT2D eigenvalue weighted by Crippen LogP contribution is 2.23. The van der Waals surface area contributed by atoms with E-state index in [1.54, 1.807) is 6.92 Å². The molecule has 20 heavy (non-hydrogen) atoms. The molecule has 0 saturated heterocycles. The van der Waals surface area contributed by atoms with Crippen LogP contribution in [0.5, 0.6) is 5.75 Å². The van der Waals surface area contributed by atoms with Crippen LogP contribution >= 0.6 is 0 Å². The smallest absolute Gasteiger partial charge is 0.163 e. The van der Waals surface area contributed by atoms with E-state index < -0.39 is 0 Å². The number of rotatable bonds is 7. The van der Waals surface area contributed by atoms with Gasteiger partial charge in [0.2, 0.25) is 0 Å². The fraction of sp³-hybridized carbons (Fsp3) is 0.588. The number of likely N-dealkylation sites (N-methyl/N-ethyl adjacent to an activating group) is 1. The van der Waals surface area contributed by atoms with E-state index in [0.717, 1.165) is 19.1 Å². The van der Waals surface area contributed by atoms with Crippen LogP contribution in [0.4, 0.5) is 0 Å². The van der Waals surface area contributed by atoms with Crippen molar-refractivity contribution < 1.29 is 9.53 Å². The Hall–Kier alpha value is -1.35. The molecule has 1 aromatic rings. The number of Topliss-reactive ketones (excluding diaryl/α,β-unsaturated/α-hetero) is 1. The third-order valence-electron chi connectivity index (χ3n) is 4.15. The lowest BCUT2D eigenvalue weighted by Gasteiger charge is -2.27. The maximum atomic E-state index is 11.5. The molecule has 3 nitrogen and oxygen atoms in total. The lowest BCUT2D eigenvalue weighted by molar-refractivity contribution is 0.101. The minimum atomic E-state index is 0.0590. The molecule has 0 bridgehead atoms. The van der Waals surface area contributed by atoms with E-state index in [1.807, 2.05) is 24.3 Å². The zero-order chi connectivity index (χ0) is 14.4. The van der Waals surface area contributed by atoms with E-state index >= 15 is 0 Å². The number of hydrogen-bond acceptors (Lipinski definition) is 3. The molecule has 1 aromatic carbocycles. The molecule has 0 heterocycles. The van der Waals surface area contributed by atoms with Crippen LogP contribution in [0.1, 0.15) is 49.9 Å². The first-order valence-corrected chi connectivity index (χ1v) is 7.69. The number of carbonyl (C=O) groups excluding carboxylic acids is 1. The third-order valence-corrected chi connectivity index (χ3v) is 4.15. The number of hydrogen-bond donors (Lipinski definition) is 0. The first-order chi connectivity index (χ1) is 9.72. The highest BCUT2D eigenvalue weighted by Gasteiger charge is 2.21. The van der Waals surface area contributed by atoms with Crippen LogP contribution < -0.4 is 4.74 Å². The van der Waals surface area contributed by atoms with Crippen LogP contribution in [-0.4, -0.2) is 36.4 Å². The molecule has 1 saturated carbocycles. The number of benzene rings is 1. The van der Waals surface area contributed by atoms with Gasteiger partial charge in [0.1, 0.15) is 12.4 Å². The highest BCUT2D eigenvalue weighted by molar-refractivity contribution is 5.96. The fourth-order valence-electron chi connectivity index (χ4n) is 3.02. The molecule has 3 heteroatoms. The van der Waals surface area contributed by atoms with Crippen molar-refractivity contribution in [1.29, 1.82) is 0 Å². The van der Waals surface area contributed by atoms with Gasteiger partial charge in [-0.2, -0.15) is 0 Å². The van der Waals surface area contributed by atoms with Gasteiger partial charge in [0, 0.05) is 12.6 Å². The van der Waals surface area contributed by atoms with E-state index in [1.165, 1.54) is 25.7 Å². The van der Waals surface area contributed by atoms with E-state index in [2.05, 4.69) is 11.8 Å². The Morgan fingerprint density at radius 2 is 2.00 bits per heavy atom. The van der Waals surface area contributed by atoms with Gasteiger partial charge in [0.15, 0.2) is 5.78 Å². The summed E-state index contributed by atoms with van der Waals surface area (Å²) in [6, 6.07) is 8.22. The molecule has 0 atom stereocenters. The van der Waals surface area contributed by atoms with Crippen molar-refractivity contribution in [2.24, 2.45) is 0 Å². The van der Waals surface area contributed by atoms with Gasteiger partial charge >= 0.3 is 0 Å². The summed E-state index contributed by atoms with van der Waals surface area (Å²) < 4.78 is 5.83. The van der Waals surface area contributed by atoms with Gasteiger partial charge in [-0.15, -0.1) is 0 Å². The van der Waals surface area contributed by atoms with Crippen LogP contribution in [0.25, 0.3) is 0 Å². The Morgan fingerprint density at radius 1 is 1.30 bits per heavy atom. The van der Waals surface area contributed by atoms with E-state index in [0.29, 0.717) is 17.9 Å². The lowest BCUT2D eigenvalue weighted by atomic mass is 10.1. The zero-order valence-electron chi connectivity index (χ0n) is 12.6. The summed E-state index contributed by atoms with van der Waals surface area (Å²) in [7, 11) is 0. The van der Waals surface area contributed by atoms with Gasteiger partial charge in [0.05, 0.1) is 5.56 Å². The van der Waals surface area contributed by atoms with Crippen molar-refractivity contribution in [3.05, 3.63) is 29.8 Å². The summed E-state index contributed by atoms with van der Waals surface area (Å²) in [4.78, 5) is 14.0. The molecule has 2 rings (SSSR count). The van der Waals surface area contributed by atoms with Crippen molar-refractivity contribution in [3.8, 4) is 5.75 Å². The summed E-state index contributed by atoms with van der Waals surface area (Å²) in [5.41, 5.74) is 0.677. The number of ketones is 1. The molecule has 0 spiro atoms. The summed E-state index contributed by atoms with van der Waals surface area (Å²) in [6.45, 7) is 6.45. The van der Waals surface area contributed by atoms with Crippen LogP contribution in [0.15, 0.2) is 24.3 Å². The molecule has 110 valence electrons. The second-order valence-electron chi connectivity index (χ2n) is 5.47. The maximum absolute atomic E-state index is 11.5. The Labute approximate surface area is 121 Å². The molecule has 0 unspecified atom stereocenters. The van der Waals surface area contributed by atoms with E-state index in [9.17, 15) is 4.79 Å². The van der Waals surface area contributed by atoms with E-state index in [-0.39, 0.29) is 5.78 Å². The second kappa shape index (κ2) is 7.44. The molecule has 0 aliphatic heterocycles. The normalized spacial score (nSPS) is 15.8. The molecule has 1 fully saturated rings. The van der Waals surface area contributed by atoms with Crippen LogP contribution in [0, 0.1) is 0 Å². The fourth-order valence-corrected chi connectivity index (χ4v) is 3.02. The first-order valence-electron chi connectivity index (χ1n) is 7.69. The Kier molecular flexibility index (Phi) is 5.60. The molecule has 0 amide bonds. The monoisotopic (exact) mass is 275 g/mol. The molecule has 1 aliphatic carbocycles. The molecule has 0 radical (unpaired) electrons. The standard InChI is InChI=1S/C17H25NO2/c1-3-18(15-8-4-5-9-15)12-13-20-17-11-7-6-10-16(17)14(2)19/h6-7,10-11,15H,3-5,8-9,12-13H2,1-2H3. The predicted octanol–water partition coefficient (Wildman–Crippen LogP) is 3.53. The van der Waals surface area contributed by atoms with Gasteiger partial charge in [-0.25, -0.2) is 0 Å². The Morgan fingerprint density at radius 3 is 2.65 bits per heavy atom. The van der Waals surface area contributed by atoms with Crippen molar-refractivity contribution in [2.45, 2.75) is 45.6 Å². The summed E-state index contributed by atoms with van der Waals surface area (Å²) in [5, 5.41) is 0. The molecule has 0 N–H and O–H groups in total. The predicted molar refractivity (Wildman–Crippen MR) is 81.4 cm³/mol. The van der Waals surface area contributed by atoms with Crippen LogP contribution in [-0.2, 0) is 0 Å². The van der Waals surface area contributed by atoms with E-state index in [4.69, 9.17) is 4.74 Å². The van der Waals surface area contributed by atoms with Crippen molar-refractivity contribution in [2.75, 3.05) is 19.7 Å². The summed E-state index contributed by atoms with van der Waals surface area (Å²) in [5.74, 6) is 0.770. The van der Waals surface area contributed by atoms with Gasteiger partial charge in [0.25, 0.3) is 0 Å². The number of nitrogens with zero attached hydrogens (tertiary/aromatic N) is 1. The molecular weight excluding hydrogens is 250 g/mol. The average molecular weight is 275 g/mol. The van der Waals surface area contributed by atoms with Crippen molar-refractivity contribution in [3.63, 3.8) is 0 Å². The number of ether oxygens (including phenoxy) is 1. The highest BCUT2D eigenvalue weighted by atomic mass is 16.5. The van der Waals surface area contributed by atoms with Crippen LogP contribution in [0.2, 0.25) is 0 Å². The lowest BCUT2D eigenvalue weighted by Crippen LogP contribution is -2.36. The third kappa shape index (κ3) is 3.83. The van der Waals surface area contributed by atoms with Gasteiger partial charge in [-0.3, -0.25) is 9.69 Å². The molecule has 0 aromatic heterocycles. The van der Waals surface area contributed by atoms with Crippen molar-refractivity contribution >= 4 is 5.78 Å². The SMILES string of the molecule is CCN(CCOc1ccccc1C(C)=O)C1CCCC1. The largest absolute Gasteiger partial charge is 0.491 e. The van der Waals surface area contributed by atoms with Crippen LogP contribution in [0.3, 0.4) is 0 Å². The number of para-hydroxylation sites is 1. The number of carbonyl (C=O) groups is 1. The molecular formula is C17H25NO2. The quantitative estimate of drug-likeness (QED) is 0.713. The summed E-state index contributed by atoms with van der Waals surface area (Å²) >= 11 is 0.